The highest BCUT2D eigenvalue weighted by molar-refractivity contribution is 9.10. The zero-order chi connectivity index (χ0) is 14.7. The normalized spacial score (nSPS) is 26.9. The Bertz CT molecular complexity index is 455. The molecule has 0 bridgehead atoms. The molecule has 0 amide bonds. The number of hydrogen-bond donors (Lipinski definition) is 0. The molecule has 20 heavy (non-hydrogen) atoms. The molecule has 0 aliphatic heterocycles. The average Bonchev–Trinajstić information content (AvgIpc) is 2.82. The highest BCUT2D eigenvalue weighted by Crippen LogP contribution is 2.35. The second kappa shape index (κ2) is 7.19. The van der Waals surface area contributed by atoms with E-state index in [2.05, 4.69) is 36.7 Å². The molecule has 4 heteroatoms. The minimum absolute atomic E-state index is 0.0904. The van der Waals surface area contributed by atoms with Crippen LogP contribution in [0.25, 0.3) is 0 Å². The summed E-state index contributed by atoms with van der Waals surface area (Å²) in [5.41, 5.74) is 0. The summed E-state index contributed by atoms with van der Waals surface area (Å²) in [5.74, 6) is 2.01. The number of carbonyl (C=O) groups is 1. The number of halogens is 1. The van der Waals surface area contributed by atoms with E-state index in [1.54, 1.807) is 0 Å². The van der Waals surface area contributed by atoms with Gasteiger partial charge in [-0.15, -0.1) is 11.3 Å². The second-order valence-corrected chi connectivity index (χ2v) is 7.97. The molecule has 1 aliphatic rings. The molecule has 3 atom stereocenters. The number of Topliss-reactive ketones (excluding diaryl/α,β-unsaturated/α-hetero) is 1. The van der Waals surface area contributed by atoms with Crippen LogP contribution in [0.1, 0.15) is 49.7 Å². The Kier molecular flexibility index (Phi) is 5.82. The maximum atomic E-state index is 12.2. The zero-order valence-electron chi connectivity index (χ0n) is 12.4. The fraction of sp³-hybridized carbons (Fsp3) is 0.688. The number of ether oxygens (including phenoxy) is 1. The van der Waals surface area contributed by atoms with E-state index >= 15 is 0 Å². The van der Waals surface area contributed by atoms with Crippen LogP contribution in [-0.2, 0) is 4.74 Å². The van der Waals surface area contributed by atoms with Gasteiger partial charge in [-0.05, 0) is 58.0 Å². The molecule has 2 rings (SSSR count). The number of rotatable bonds is 5. The monoisotopic (exact) mass is 358 g/mol. The Morgan fingerprint density at radius 2 is 2.25 bits per heavy atom. The van der Waals surface area contributed by atoms with Crippen LogP contribution in [-0.4, -0.2) is 18.5 Å². The molecule has 1 aromatic heterocycles. The van der Waals surface area contributed by atoms with E-state index in [9.17, 15) is 4.79 Å². The Hall–Kier alpha value is -0.190. The van der Waals surface area contributed by atoms with Gasteiger partial charge in [0.1, 0.15) is 6.61 Å². The summed E-state index contributed by atoms with van der Waals surface area (Å²) in [6.45, 7) is 7.01. The molecular weight excluding hydrogens is 336 g/mol. The van der Waals surface area contributed by atoms with Gasteiger partial charge < -0.3 is 4.74 Å². The lowest BCUT2D eigenvalue weighted by atomic mass is 9.75. The molecule has 112 valence electrons. The fourth-order valence-electron chi connectivity index (χ4n) is 3.05. The van der Waals surface area contributed by atoms with Gasteiger partial charge in [0, 0.05) is 4.47 Å². The van der Waals surface area contributed by atoms with Crippen LogP contribution in [0.15, 0.2) is 15.9 Å². The number of carbonyl (C=O) groups excluding carboxylic acids is 1. The Labute approximate surface area is 134 Å². The lowest BCUT2D eigenvalue weighted by Gasteiger charge is -2.37. The van der Waals surface area contributed by atoms with Crippen molar-refractivity contribution in [2.24, 2.45) is 17.8 Å². The third-order valence-corrected chi connectivity index (χ3v) is 6.14. The van der Waals surface area contributed by atoms with Crippen molar-refractivity contribution in [2.45, 2.75) is 46.1 Å². The highest BCUT2D eigenvalue weighted by atomic mass is 79.9. The molecule has 0 radical (unpaired) electrons. The maximum Gasteiger partial charge on any atom is 0.199 e. The topological polar surface area (TPSA) is 26.3 Å². The minimum atomic E-state index is 0.0904. The van der Waals surface area contributed by atoms with E-state index in [4.69, 9.17) is 4.74 Å². The van der Waals surface area contributed by atoms with Gasteiger partial charge >= 0.3 is 0 Å². The molecule has 1 fully saturated rings. The number of ketones is 1. The molecule has 0 saturated heterocycles. The van der Waals surface area contributed by atoms with Crippen molar-refractivity contribution < 1.29 is 9.53 Å². The van der Waals surface area contributed by atoms with E-state index < -0.39 is 0 Å². The zero-order valence-corrected chi connectivity index (χ0v) is 14.8. The van der Waals surface area contributed by atoms with Gasteiger partial charge in [-0.25, -0.2) is 0 Å². The van der Waals surface area contributed by atoms with Crippen molar-refractivity contribution >= 4 is 33.0 Å². The minimum Gasteiger partial charge on any atom is -0.370 e. The molecule has 2 nitrogen and oxygen atoms in total. The first-order valence-corrected chi connectivity index (χ1v) is 9.04. The predicted octanol–water partition coefficient (Wildman–Crippen LogP) is 5.17. The van der Waals surface area contributed by atoms with Gasteiger partial charge in [-0.3, -0.25) is 4.79 Å². The van der Waals surface area contributed by atoms with Crippen LogP contribution in [0.5, 0.6) is 0 Å². The first-order valence-electron chi connectivity index (χ1n) is 7.36. The largest absolute Gasteiger partial charge is 0.370 e. The van der Waals surface area contributed by atoms with Crippen LogP contribution >= 0.6 is 27.3 Å². The molecule has 0 N–H and O–H groups in total. The van der Waals surface area contributed by atoms with E-state index in [-0.39, 0.29) is 18.5 Å². The van der Waals surface area contributed by atoms with Crippen LogP contribution < -0.4 is 0 Å². The quantitative estimate of drug-likeness (QED) is 0.678. The summed E-state index contributed by atoms with van der Waals surface area (Å²) in [4.78, 5) is 13.0. The molecule has 0 spiro atoms. The highest BCUT2D eigenvalue weighted by Gasteiger charge is 2.31. The maximum absolute atomic E-state index is 12.2. The van der Waals surface area contributed by atoms with Gasteiger partial charge in [0.05, 0.1) is 11.0 Å². The Morgan fingerprint density at radius 3 is 2.85 bits per heavy atom. The summed E-state index contributed by atoms with van der Waals surface area (Å²) in [5, 5.41) is 1.93. The average molecular weight is 359 g/mol. The standard InChI is InChI=1S/C16H23BrO2S/c1-10(2)12-5-4-11(3)8-15(12)19-9-14(18)16-13(17)6-7-20-16/h6-7,10-12,15H,4-5,8-9H2,1-3H3. The van der Waals surface area contributed by atoms with Gasteiger partial charge in [0.15, 0.2) is 5.78 Å². The van der Waals surface area contributed by atoms with E-state index in [0.717, 1.165) is 15.8 Å². The molecule has 1 saturated carbocycles. The van der Waals surface area contributed by atoms with Crippen molar-refractivity contribution in [3.8, 4) is 0 Å². The molecular formula is C16H23BrO2S. The lowest BCUT2D eigenvalue weighted by molar-refractivity contribution is -0.0308. The molecule has 1 heterocycles. The third kappa shape index (κ3) is 3.92. The van der Waals surface area contributed by atoms with E-state index in [0.29, 0.717) is 17.8 Å². The molecule has 1 aliphatic carbocycles. The predicted molar refractivity (Wildman–Crippen MR) is 87.4 cm³/mol. The van der Waals surface area contributed by atoms with Crippen LogP contribution in [0, 0.1) is 17.8 Å². The van der Waals surface area contributed by atoms with Crippen LogP contribution in [0.2, 0.25) is 0 Å². The lowest BCUT2D eigenvalue weighted by Crippen LogP contribution is -2.35. The molecule has 3 unspecified atom stereocenters. The van der Waals surface area contributed by atoms with Gasteiger partial charge in [-0.2, -0.15) is 0 Å². The molecule has 0 aromatic carbocycles. The van der Waals surface area contributed by atoms with Gasteiger partial charge in [0.25, 0.3) is 0 Å². The first kappa shape index (κ1) is 16.2. The van der Waals surface area contributed by atoms with Crippen molar-refractivity contribution in [3.05, 3.63) is 20.8 Å². The van der Waals surface area contributed by atoms with Crippen LogP contribution in [0.4, 0.5) is 0 Å². The number of hydrogen-bond acceptors (Lipinski definition) is 3. The number of thiophene rings is 1. The second-order valence-electron chi connectivity index (χ2n) is 6.20. The molecule has 1 aromatic rings. The van der Waals surface area contributed by atoms with Crippen LogP contribution in [0.3, 0.4) is 0 Å². The Morgan fingerprint density at radius 1 is 1.50 bits per heavy atom. The summed E-state index contributed by atoms with van der Waals surface area (Å²) >= 11 is 4.89. The summed E-state index contributed by atoms with van der Waals surface area (Å²) in [7, 11) is 0. The van der Waals surface area contributed by atoms with Crippen molar-refractivity contribution in [2.75, 3.05) is 6.61 Å². The Balaban J connectivity index is 1.94. The van der Waals surface area contributed by atoms with E-state index in [1.165, 1.54) is 24.2 Å². The summed E-state index contributed by atoms with van der Waals surface area (Å²) in [6.07, 6.45) is 3.83. The van der Waals surface area contributed by atoms with E-state index in [1.807, 2.05) is 11.4 Å². The van der Waals surface area contributed by atoms with Crippen molar-refractivity contribution in [1.29, 1.82) is 0 Å². The summed E-state index contributed by atoms with van der Waals surface area (Å²) < 4.78 is 6.89. The first-order chi connectivity index (χ1) is 9.49. The third-order valence-electron chi connectivity index (χ3n) is 4.26. The smallest absolute Gasteiger partial charge is 0.199 e. The SMILES string of the molecule is CC1CCC(C(C)C)C(OCC(=O)c2sccc2Br)C1. The van der Waals surface area contributed by atoms with Crippen molar-refractivity contribution in [1.82, 2.24) is 0 Å². The van der Waals surface area contributed by atoms with Gasteiger partial charge in [-0.1, -0.05) is 27.2 Å². The van der Waals surface area contributed by atoms with Gasteiger partial charge in [0.2, 0.25) is 0 Å². The van der Waals surface area contributed by atoms with Crippen molar-refractivity contribution in [3.63, 3.8) is 0 Å². The summed E-state index contributed by atoms with van der Waals surface area (Å²) in [6, 6.07) is 1.91. The fourth-order valence-corrected chi connectivity index (χ4v) is 4.57.